The molecule has 0 aliphatic heterocycles. The Kier molecular flexibility index (Phi) is 20.9. The fourth-order valence-corrected chi connectivity index (χ4v) is 8.58. The molecule has 0 atom stereocenters. The molecule has 0 aromatic heterocycles. The van der Waals surface area contributed by atoms with Crippen LogP contribution in [0.3, 0.4) is 0 Å². The van der Waals surface area contributed by atoms with Crippen LogP contribution in [0.25, 0.3) is 0 Å². The van der Waals surface area contributed by atoms with Crippen LogP contribution in [0.1, 0.15) is 105 Å². The second kappa shape index (κ2) is 18.3. The van der Waals surface area contributed by atoms with Gasteiger partial charge in [0.05, 0.1) is 0 Å². The predicted molar refractivity (Wildman–Crippen MR) is 115 cm³/mol. The zero-order valence-corrected chi connectivity index (χ0v) is 18.8. The van der Waals surface area contributed by atoms with Crippen molar-refractivity contribution in [2.75, 3.05) is 24.6 Å². The summed E-state index contributed by atoms with van der Waals surface area (Å²) < 4.78 is 0. The molecule has 2 heteroatoms. The monoisotopic (exact) mass is 395 g/mol. The Morgan fingerprint density at radius 2 is 0.727 bits per heavy atom. The van der Waals surface area contributed by atoms with Gasteiger partial charge in [0.2, 0.25) is 0 Å². The Morgan fingerprint density at radius 3 is 1.14 bits per heavy atom. The molecule has 0 aromatic carbocycles. The molecule has 0 aromatic rings. The number of unbranched alkanes of at least 4 members (excludes halogenated alkanes) is 8. The van der Waals surface area contributed by atoms with Gasteiger partial charge in [0, 0.05) is 0 Å². The molecule has 1 radical (unpaired) electrons. The molecule has 0 aliphatic rings. The van der Waals surface area contributed by atoms with E-state index in [0.29, 0.717) is 0 Å². The van der Waals surface area contributed by atoms with Crippen LogP contribution in [0.4, 0.5) is 0 Å². The van der Waals surface area contributed by atoms with E-state index in [9.17, 15) is 0 Å². The molecule has 0 fully saturated rings. The lowest BCUT2D eigenvalue weighted by Gasteiger charge is -2.37. The topological polar surface area (TPSA) is 0 Å². The summed E-state index contributed by atoms with van der Waals surface area (Å²) in [7, 11) is -0.601. The van der Waals surface area contributed by atoms with Gasteiger partial charge in [0.15, 0.2) is 0 Å². The number of hydrogen-bond donors (Lipinski definition) is 0. The van der Waals surface area contributed by atoms with Crippen molar-refractivity contribution in [3.8, 4) is 0 Å². The molecule has 0 rings (SSSR count). The minimum absolute atomic E-state index is 0. The van der Waals surface area contributed by atoms with E-state index in [2.05, 4.69) is 27.7 Å². The lowest BCUT2D eigenvalue weighted by atomic mass is 10.1. The molecule has 0 heterocycles. The summed E-state index contributed by atoms with van der Waals surface area (Å²) in [5.74, 6) is 0. The number of halogens is 1. The molecule has 137 valence electrons. The second-order valence-electron chi connectivity index (χ2n) is 7.06. The molecule has 0 saturated carbocycles. The highest BCUT2D eigenvalue weighted by Crippen LogP contribution is 2.61. The Bertz CT molecular complexity index is 184. The first-order chi connectivity index (χ1) is 10.2. The standard InChI is InChI=1S/C20H44P.BrH/c1-5-9-13-14-15-16-20-21(17-10-6-2,18-11-7-3)19-12-8-4;/h5-20H2,1-4H3;1H. The van der Waals surface area contributed by atoms with E-state index in [0.717, 1.165) is 0 Å². The quantitative estimate of drug-likeness (QED) is 0.182. The molecule has 0 nitrogen and oxygen atoms in total. The minimum atomic E-state index is -0.601. The van der Waals surface area contributed by atoms with E-state index in [1.165, 1.54) is 77.0 Å². The van der Waals surface area contributed by atoms with E-state index < -0.39 is 7.26 Å². The lowest BCUT2D eigenvalue weighted by molar-refractivity contribution is 0.624. The van der Waals surface area contributed by atoms with Gasteiger partial charge < -0.3 is 0 Å². The first-order valence-electron chi connectivity index (χ1n) is 10.1. The van der Waals surface area contributed by atoms with Crippen molar-refractivity contribution in [1.82, 2.24) is 0 Å². The molecular formula is C20H45BrP. The first-order valence-corrected chi connectivity index (χ1v) is 12.6. The van der Waals surface area contributed by atoms with Gasteiger partial charge in [0.25, 0.3) is 0 Å². The SMILES string of the molecule is Br.CCCCCCCC[P](CCCC)(CCCC)CCCC. The van der Waals surface area contributed by atoms with Crippen molar-refractivity contribution in [2.24, 2.45) is 0 Å². The summed E-state index contributed by atoms with van der Waals surface area (Å²) in [6, 6.07) is 0. The number of hydrogen-bond acceptors (Lipinski definition) is 0. The van der Waals surface area contributed by atoms with Gasteiger partial charge >= 0.3 is 0 Å². The average molecular weight is 396 g/mol. The highest BCUT2D eigenvalue weighted by molar-refractivity contribution is 8.93. The third kappa shape index (κ3) is 13.4. The van der Waals surface area contributed by atoms with Gasteiger partial charge in [-0.2, -0.15) is 0 Å². The lowest BCUT2D eigenvalue weighted by Crippen LogP contribution is -2.13. The smallest absolute Gasteiger partial charge is 0.0359 e. The van der Waals surface area contributed by atoms with Gasteiger partial charge in [-0.05, 0) is 50.3 Å². The summed E-state index contributed by atoms with van der Waals surface area (Å²) in [6.45, 7) is 9.44. The Morgan fingerprint density at radius 1 is 0.409 bits per heavy atom. The zero-order valence-electron chi connectivity index (χ0n) is 16.2. The maximum atomic E-state index is 2.37. The first kappa shape index (κ1) is 25.2. The maximum Gasteiger partial charge on any atom is -0.0359 e. The van der Waals surface area contributed by atoms with Crippen LogP contribution < -0.4 is 0 Å². The second-order valence-corrected chi connectivity index (χ2v) is 11.5. The molecule has 0 saturated heterocycles. The van der Waals surface area contributed by atoms with Crippen LogP contribution in [0.2, 0.25) is 0 Å². The Hall–Kier alpha value is 0.910. The molecule has 0 unspecified atom stereocenters. The van der Waals surface area contributed by atoms with Crippen molar-refractivity contribution in [1.29, 1.82) is 0 Å². The molecule has 0 aliphatic carbocycles. The van der Waals surface area contributed by atoms with Crippen molar-refractivity contribution in [3.05, 3.63) is 0 Å². The van der Waals surface area contributed by atoms with E-state index in [-0.39, 0.29) is 17.0 Å². The molecule has 22 heavy (non-hydrogen) atoms. The highest BCUT2D eigenvalue weighted by atomic mass is 79.9. The van der Waals surface area contributed by atoms with Crippen molar-refractivity contribution in [3.63, 3.8) is 0 Å². The van der Waals surface area contributed by atoms with Crippen molar-refractivity contribution in [2.45, 2.75) is 105 Å². The minimum Gasteiger partial charge on any atom is -0.125 e. The van der Waals surface area contributed by atoms with Crippen LogP contribution in [0.5, 0.6) is 0 Å². The number of rotatable bonds is 16. The summed E-state index contributed by atoms with van der Waals surface area (Å²) in [6.07, 6.45) is 24.0. The Labute approximate surface area is 153 Å². The molecule has 0 amide bonds. The third-order valence-corrected chi connectivity index (χ3v) is 10.0. The van der Waals surface area contributed by atoms with E-state index in [1.54, 1.807) is 24.6 Å². The van der Waals surface area contributed by atoms with Crippen LogP contribution >= 0.6 is 24.2 Å². The fourth-order valence-electron chi connectivity index (χ4n) is 3.38. The van der Waals surface area contributed by atoms with Gasteiger partial charge in [-0.3, -0.25) is 0 Å². The summed E-state index contributed by atoms with van der Waals surface area (Å²) >= 11 is 0. The largest absolute Gasteiger partial charge is 0.125 e. The maximum absolute atomic E-state index is 2.37. The molecular weight excluding hydrogens is 351 g/mol. The van der Waals surface area contributed by atoms with Crippen LogP contribution in [-0.4, -0.2) is 24.6 Å². The summed E-state index contributed by atoms with van der Waals surface area (Å²) in [5, 5.41) is 0. The van der Waals surface area contributed by atoms with Crippen molar-refractivity contribution >= 4 is 24.2 Å². The molecule has 0 spiro atoms. The average Bonchev–Trinajstić information content (AvgIpc) is 2.51. The summed E-state index contributed by atoms with van der Waals surface area (Å²) in [5.41, 5.74) is 0. The molecule has 0 N–H and O–H groups in total. The Balaban J connectivity index is 0. The van der Waals surface area contributed by atoms with E-state index >= 15 is 0 Å². The van der Waals surface area contributed by atoms with Crippen LogP contribution in [-0.2, 0) is 0 Å². The normalized spacial score (nSPS) is 11.5. The van der Waals surface area contributed by atoms with Crippen molar-refractivity contribution < 1.29 is 0 Å². The van der Waals surface area contributed by atoms with E-state index in [4.69, 9.17) is 0 Å². The van der Waals surface area contributed by atoms with Gasteiger partial charge in [0.1, 0.15) is 0 Å². The van der Waals surface area contributed by atoms with Gasteiger partial charge in [-0.1, -0.05) is 79.1 Å². The van der Waals surface area contributed by atoms with Gasteiger partial charge in [-0.15, -0.1) is 24.2 Å². The van der Waals surface area contributed by atoms with E-state index in [1.807, 2.05) is 0 Å². The van der Waals surface area contributed by atoms with Crippen LogP contribution in [0, 0.1) is 0 Å². The molecule has 0 bridgehead atoms. The zero-order chi connectivity index (χ0) is 15.8. The fraction of sp³-hybridized carbons (Fsp3) is 1.00. The van der Waals surface area contributed by atoms with Crippen LogP contribution in [0.15, 0.2) is 0 Å². The highest BCUT2D eigenvalue weighted by Gasteiger charge is 2.24. The predicted octanol–water partition coefficient (Wildman–Crippen LogP) is 8.34. The van der Waals surface area contributed by atoms with Gasteiger partial charge in [-0.25, -0.2) is 0 Å². The summed E-state index contributed by atoms with van der Waals surface area (Å²) in [4.78, 5) is 0. The third-order valence-electron chi connectivity index (χ3n) is 4.94.